The molecule has 0 radical (unpaired) electrons. The topological polar surface area (TPSA) is 53.9 Å². The zero-order valence-corrected chi connectivity index (χ0v) is 28.9. The van der Waals surface area contributed by atoms with Gasteiger partial charge < -0.3 is 10.4 Å². The number of hydrogen-bond acceptors (Lipinski definition) is 2. The van der Waals surface area contributed by atoms with Crippen molar-refractivity contribution >= 4 is 54.4 Å². The van der Waals surface area contributed by atoms with Crippen molar-refractivity contribution in [3.63, 3.8) is 0 Å². The molecule has 0 amide bonds. The highest BCUT2D eigenvalue weighted by molar-refractivity contribution is 6.20. The molecule has 0 aliphatic carbocycles. The van der Waals surface area contributed by atoms with E-state index < -0.39 is 0 Å². The van der Waals surface area contributed by atoms with Crippen LogP contribution >= 0.6 is 0 Å². The summed E-state index contributed by atoms with van der Waals surface area (Å²) in [4.78, 5) is 0. The molecule has 0 spiro atoms. The van der Waals surface area contributed by atoms with Gasteiger partial charge in [-0.05, 0) is 71.8 Å². The maximum absolute atomic E-state index is 14.2. The largest absolute Gasteiger partial charge is 0.618 e. The van der Waals surface area contributed by atoms with Gasteiger partial charge in [0.05, 0.1) is 21.5 Å². The van der Waals surface area contributed by atoms with Crippen molar-refractivity contribution in [2.24, 2.45) is 0 Å². The minimum absolute atomic E-state index is 0.673. The van der Waals surface area contributed by atoms with Crippen molar-refractivity contribution in [3.05, 3.63) is 143 Å². The van der Waals surface area contributed by atoms with Crippen LogP contribution in [0.5, 0.6) is 0 Å². The first-order valence-corrected chi connectivity index (χ1v) is 18.3. The Morgan fingerprint density at radius 1 is 0.440 bits per heavy atom. The lowest BCUT2D eigenvalue weighted by molar-refractivity contribution is -0.548. The summed E-state index contributed by atoms with van der Waals surface area (Å²) in [5.41, 5.74) is 9.35. The predicted molar refractivity (Wildman–Crippen MR) is 209 cm³/mol. The number of aromatic nitrogens is 2. The molecule has 0 saturated carbocycles. The molecule has 0 aliphatic heterocycles. The number of pyridine rings is 2. The molecule has 0 bridgehead atoms. The maximum atomic E-state index is 14.2. The van der Waals surface area contributed by atoms with Crippen molar-refractivity contribution in [1.82, 2.24) is 0 Å². The van der Waals surface area contributed by atoms with Crippen LogP contribution in [0.1, 0.15) is 63.5 Å². The smallest absolute Gasteiger partial charge is 0.228 e. The van der Waals surface area contributed by atoms with Crippen LogP contribution in [0.15, 0.2) is 121 Å². The first kappa shape index (κ1) is 31.8. The predicted octanol–water partition coefficient (Wildman–Crippen LogP) is 11.5. The molecule has 6 aromatic carbocycles. The SMILES string of the molecule is CCCCCc1cccc2c(-c3cccc4cccc(-c5c6ccccc6[n+]([O-])c6c(CCCCC)cccc56)c34)c3ccccc3[n+]([O-])c12. The Morgan fingerprint density at radius 2 is 0.860 bits per heavy atom. The Kier molecular flexibility index (Phi) is 8.54. The van der Waals surface area contributed by atoms with Crippen LogP contribution in [0.25, 0.3) is 76.6 Å². The molecular formula is C46H42N2O2. The number of fused-ring (bicyclic) bond motifs is 5. The number of unbranched alkanes of at least 4 members (excludes halogenated alkanes) is 4. The minimum atomic E-state index is 0.673. The Morgan fingerprint density at radius 3 is 1.32 bits per heavy atom. The summed E-state index contributed by atoms with van der Waals surface area (Å²) in [5.74, 6) is 0. The highest BCUT2D eigenvalue weighted by Crippen LogP contribution is 2.45. The molecule has 2 aromatic heterocycles. The Hall–Kier alpha value is -5.48. The van der Waals surface area contributed by atoms with Gasteiger partial charge in [0.1, 0.15) is 0 Å². The molecule has 50 heavy (non-hydrogen) atoms. The third-order valence-corrected chi connectivity index (χ3v) is 10.5. The number of rotatable bonds is 10. The van der Waals surface area contributed by atoms with Crippen LogP contribution in [-0.4, -0.2) is 0 Å². The maximum Gasteiger partial charge on any atom is 0.228 e. The molecular weight excluding hydrogens is 613 g/mol. The first-order chi connectivity index (χ1) is 24.6. The normalized spacial score (nSPS) is 11.8. The molecule has 8 aromatic rings. The second kappa shape index (κ2) is 13.4. The molecule has 0 atom stereocenters. The average Bonchev–Trinajstić information content (AvgIpc) is 3.15. The van der Waals surface area contributed by atoms with Crippen LogP contribution in [0.4, 0.5) is 0 Å². The van der Waals surface area contributed by atoms with E-state index in [1.54, 1.807) is 0 Å². The fourth-order valence-electron chi connectivity index (χ4n) is 8.19. The Labute approximate surface area is 293 Å². The molecule has 248 valence electrons. The molecule has 0 fully saturated rings. The van der Waals surface area contributed by atoms with Gasteiger partial charge in [-0.1, -0.05) is 124 Å². The van der Waals surface area contributed by atoms with Crippen molar-refractivity contribution in [2.75, 3.05) is 0 Å². The summed E-state index contributed by atoms with van der Waals surface area (Å²) < 4.78 is 2.32. The molecule has 4 nitrogen and oxygen atoms in total. The molecule has 4 heteroatoms. The Balaban J connectivity index is 1.50. The second-order valence-corrected chi connectivity index (χ2v) is 13.6. The summed E-state index contributed by atoms with van der Waals surface area (Å²) >= 11 is 0. The van der Waals surface area contributed by atoms with Gasteiger partial charge in [-0.15, -0.1) is 0 Å². The summed E-state index contributed by atoms with van der Waals surface area (Å²) in [6.07, 6.45) is 8.34. The average molecular weight is 655 g/mol. The van der Waals surface area contributed by atoms with Gasteiger partial charge >= 0.3 is 0 Å². The van der Waals surface area contributed by atoms with Gasteiger partial charge in [0.2, 0.25) is 22.1 Å². The van der Waals surface area contributed by atoms with Crippen LogP contribution in [0.2, 0.25) is 0 Å². The molecule has 0 N–H and O–H groups in total. The summed E-state index contributed by atoms with van der Waals surface area (Å²) in [7, 11) is 0. The zero-order chi connectivity index (χ0) is 34.2. The number of aryl methyl sites for hydroxylation is 2. The van der Waals surface area contributed by atoms with E-state index in [1.165, 1.54) is 0 Å². The third-order valence-electron chi connectivity index (χ3n) is 10.5. The van der Waals surface area contributed by atoms with E-state index in [4.69, 9.17) is 0 Å². The van der Waals surface area contributed by atoms with E-state index >= 15 is 0 Å². The van der Waals surface area contributed by atoms with Crippen LogP contribution in [0, 0.1) is 10.4 Å². The van der Waals surface area contributed by atoms with Crippen molar-refractivity contribution in [1.29, 1.82) is 0 Å². The zero-order valence-electron chi connectivity index (χ0n) is 28.9. The van der Waals surface area contributed by atoms with Gasteiger partial charge in [-0.3, -0.25) is 0 Å². The van der Waals surface area contributed by atoms with Gasteiger partial charge in [0, 0.05) is 34.4 Å². The van der Waals surface area contributed by atoms with Crippen LogP contribution in [-0.2, 0) is 12.8 Å². The molecule has 0 saturated heterocycles. The molecule has 0 aliphatic rings. The van der Waals surface area contributed by atoms with E-state index in [2.05, 4.69) is 98.8 Å². The number of para-hydroxylation sites is 4. The number of benzene rings is 6. The standard InChI is InChI=1S/C46H42N2O2/c1-3-5-7-17-32-21-15-27-38-43(34-23-9-11-29-40(34)47(49)45(32)38)36-25-13-19-31-20-14-26-37(42(31)36)44-35-24-10-12-30-41(35)48(50)46-33(18-8-6-4-2)22-16-28-39(44)46/h9-16,19-30H,3-8,17-18H2,1-2H3. The second-order valence-electron chi connectivity index (χ2n) is 13.6. The monoisotopic (exact) mass is 654 g/mol. The number of nitrogens with zero attached hydrogens (tertiary/aromatic N) is 2. The number of hydrogen-bond donors (Lipinski definition) is 0. The van der Waals surface area contributed by atoms with Crippen molar-refractivity contribution in [2.45, 2.75) is 65.2 Å². The summed E-state index contributed by atoms with van der Waals surface area (Å²) in [5, 5.41) is 34.5. The summed E-state index contributed by atoms with van der Waals surface area (Å²) in [6, 6.07) is 41.8. The van der Waals surface area contributed by atoms with E-state index in [1.807, 2.05) is 36.4 Å². The van der Waals surface area contributed by atoms with E-state index in [-0.39, 0.29) is 0 Å². The van der Waals surface area contributed by atoms with Gasteiger partial charge in [-0.2, -0.15) is 9.46 Å². The Bertz CT molecular complexity index is 2380. The quantitative estimate of drug-likeness (QED) is 0.0638. The van der Waals surface area contributed by atoms with Gasteiger partial charge in [-0.25, -0.2) is 0 Å². The third kappa shape index (κ3) is 5.22. The van der Waals surface area contributed by atoms with Gasteiger partial charge in [0.15, 0.2) is 0 Å². The van der Waals surface area contributed by atoms with E-state index in [9.17, 15) is 10.4 Å². The van der Waals surface area contributed by atoms with Crippen LogP contribution < -0.4 is 9.46 Å². The highest BCUT2D eigenvalue weighted by Gasteiger charge is 2.26. The molecule has 0 unspecified atom stereocenters. The minimum Gasteiger partial charge on any atom is -0.618 e. The molecule has 2 heterocycles. The molecule has 8 rings (SSSR count). The highest BCUT2D eigenvalue weighted by atomic mass is 16.5. The first-order valence-electron chi connectivity index (χ1n) is 18.3. The van der Waals surface area contributed by atoms with E-state index in [0.717, 1.165) is 138 Å². The fraction of sp³-hybridized carbons (Fsp3) is 0.217. The lowest BCUT2D eigenvalue weighted by atomic mass is 9.85. The van der Waals surface area contributed by atoms with E-state index in [0.29, 0.717) is 11.0 Å². The lowest BCUT2D eigenvalue weighted by Gasteiger charge is -2.19. The summed E-state index contributed by atoms with van der Waals surface area (Å²) in [6.45, 7) is 4.42. The fourth-order valence-corrected chi connectivity index (χ4v) is 8.19. The van der Waals surface area contributed by atoms with Crippen molar-refractivity contribution in [3.8, 4) is 22.3 Å². The van der Waals surface area contributed by atoms with Crippen molar-refractivity contribution < 1.29 is 9.46 Å². The lowest BCUT2D eigenvalue weighted by Crippen LogP contribution is -2.29. The van der Waals surface area contributed by atoms with Gasteiger partial charge in [0.25, 0.3) is 0 Å². The van der Waals surface area contributed by atoms with Crippen LogP contribution in [0.3, 0.4) is 0 Å².